The van der Waals surface area contributed by atoms with Gasteiger partial charge in [0.05, 0.1) is 0 Å². The number of anilines is 1. The number of rotatable bonds is 4. The van der Waals surface area contributed by atoms with Gasteiger partial charge >= 0.3 is 0 Å². The molecule has 26 heavy (non-hydrogen) atoms. The number of ether oxygens (including phenoxy) is 1. The van der Waals surface area contributed by atoms with Crippen LogP contribution in [0, 0.1) is 5.82 Å². The Labute approximate surface area is 160 Å². The van der Waals surface area contributed by atoms with Crippen LogP contribution in [0.15, 0.2) is 29.3 Å². The Kier molecular flexibility index (Phi) is 6.64. The van der Waals surface area contributed by atoms with Crippen LogP contribution in [0.25, 0.3) is 0 Å². The molecule has 2 aliphatic heterocycles. The van der Waals surface area contributed by atoms with Crippen LogP contribution in [0.5, 0.6) is 0 Å². The molecule has 144 valence electrons. The van der Waals surface area contributed by atoms with Crippen molar-refractivity contribution in [3.63, 3.8) is 0 Å². The van der Waals surface area contributed by atoms with Crippen molar-refractivity contribution in [3.05, 3.63) is 30.1 Å². The summed E-state index contributed by atoms with van der Waals surface area (Å²) in [6, 6.07) is 6.76. The number of hydrogen-bond donors (Lipinski definition) is 1. The zero-order chi connectivity index (χ0) is 18.4. The third-order valence-electron chi connectivity index (χ3n) is 5.39. The number of benzene rings is 1. The predicted molar refractivity (Wildman–Crippen MR) is 108 cm³/mol. The molecule has 2 aliphatic rings. The maximum absolute atomic E-state index is 13.1. The fourth-order valence-electron chi connectivity index (χ4n) is 3.60. The van der Waals surface area contributed by atoms with Gasteiger partial charge in [-0.15, -0.1) is 0 Å². The zero-order valence-electron chi connectivity index (χ0n) is 15.7. The zero-order valence-corrected chi connectivity index (χ0v) is 16.5. The van der Waals surface area contributed by atoms with Gasteiger partial charge in [0.2, 0.25) is 0 Å². The van der Waals surface area contributed by atoms with Gasteiger partial charge in [0.25, 0.3) is 0 Å². The first kappa shape index (κ1) is 19.3. The normalized spacial score (nSPS) is 21.0. The number of hydrogen-bond acceptors (Lipinski definition) is 4. The first-order chi connectivity index (χ1) is 12.7. The average Bonchev–Trinajstić information content (AvgIpc) is 2.70. The third-order valence-corrected chi connectivity index (χ3v) is 6.81. The van der Waals surface area contributed by atoms with E-state index >= 15 is 0 Å². The van der Waals surface area contributed by atoms with E-state index in [2.05, 4.69) is 26.4 Å². The molecule has 2 fully saturated rings. The molecule has 1 aromatic rings. The smallest absolute Gasteiger partial charge is 0.193 e. The summed E-state index contributed by atoms with van der Waals surface area (Å²) >= 11 is 1.94. The molecule has 0 spiro atoms. The summed E-state index contributed by atoms with van der Waals surface area (Å²) in [5.41, 5.74) is 1.08. The van der Waals surface area contributed by atoms with Gasteiger partial charge in [-0.2, -0.15) is 11.8 Å². The highest BCUT2D eigenvalue weighted by Gasteiger charge is 2.32. The molecule has 0 bridgehead atoms. The van der Waals surface area contributed by atoms with Crippen LogP contribution >= 0.6 is 11.8 Å². The van der Waals surface area contributed by atoms with Gasteiger partial charge in [-0.05, 0) is 43.4 Å². The number of aliphatic imine (C=N–C) groups is 1. The summed E-state index contributed by atoms with van der Waals surface area (Å²) < 4.78 is 18.9. The maximum atomic E-state index is 13.1. The fourth-order valence-corrected chi connectivity index (χ4v) is 4.39. The molecule has 1 N–H and O–H groups in total. The second-order valence-corrected chi connectivity index (χ2v) is 8.13. The molecule has 7 heteroatoms. The molecule has 0 aliphatic carbocycles. The van der Waals surface area contributed by atoms with Gasteiger partial charge in [-0.3, -0.25) is 4.99 Å². The number of thioether (sulfide) groups is 1. The van der Waals surface area contributed by atoms with Crippen molar-refractivity contribution in [2.24, 2.45) is 4.99 Å². The minimum absolute atomic E-state index is 0.187. The second-order valence-electron chi connectivity index (χ2n) is 6.85. The summed E-state index contributed by atoms with van der Waals surface area (Å²) in [7, 11) is 1.85. The standard InChI is InChI=1S/C19H29FN4OS/c1-21-18(22-15-19(26-2)7-13-25-14-8-19)24-11-9-23(10-12-24)17-5-3-16(20)4-6-17/h3-6H,7-15H2,1-2H3,(H,21,22). The quantitative estimate of drug-likeness (QED) is 0.642. The van der Waals surface area contributed by atoms with Crippen LogP contribution in [-0.2, 0) is 4.74 Å². The van der Waals surface area contributed by atoms with Gasteiger partial charge in [-0.1, -0.05) is 0 Å². The molecule has 0 unspecified atom stereocenters. The van der Waals surface area contributed by atoms with Crippen LogP contribution in [-0.4, -0.2) is 74.8 Å². The molecule has 2 heterocycles. The van der Waals surface area contributed by atoms with Crippen LogP contribution in [0.3, 0.4) is 0 Å². The number of nitrogens with one attached hydrogen (secondary N) is 1. The van der Waals surface area contributed by atoms with Gasteiger partial charge in [0.15, 0.2) is 5.96 Å². The van der Waals surface area contributed by atoms with Crippen molar-refractivity contribution in [2.45, 2.75) is 17.6 Å². The highest BCUT2D eigenvalue weighted by atomic mass is 32.2. The van der Waals surface area contributed by atoms with E-state index in [4.69, 9.17) is 4.74 Å². The highest BCUT2D eigenvalue weighted by Crippen LogP contribution is 2.33. The second kappa shape index (κ2) is 8.95. The Morgan fingerprint density at radius 3 is 2.42 bits per heavy atom. The Hall–Kier alpha value is -1.47. The van der Waals surface area contributed by atoms with E-state index < -0.39 is 0 Å². The highest BCUT2D eigenvalue weighted by molar-refractivity contribution is 8.00. The van der Waals surface area contributed by atoms with Crippen LogP contribution in [0.1, 0.15) is 12.8 Å². The van der Waals surface area contributed by atoms with Crippen LogP contribution in [0.4, 0.5) is 10.1 Å². The van der Waals surface area contributed by atoms with Crippen molar-refractivity contribution in [1.29, 1.82) is 0 Å². The van der Waals surface area contributed by atoms with Crippen molar-refractivity contribution < 1.29 is 9.13 Å². The predicted octanol–water partition coefficient (Wildman–Crippen LogP) is 2.44. The molecule has 0 aromatic heterocycles. The molecule has 0 atom stereocenters. The largest absolute Gasteiger partial charge is 0.381 e. The first-order valence-electron chi connectivity index (χ1n) is 9.25. The van der Waals surface area contributed by atoms with Gasteiger partial charge in [0, 0.05) is 63.4 Å². The first-order valence-corrected chi connectivity index (χ1v) is 10.5. The summed E-state index contributed by atoms with van der Waals surface area (Å²) in [6.07, 6.45) is 4.35. The lowest BCUT2D eigenvalue weighted by molar-refractivity contribution is 0.0781. The Bertz CT molecular complexity index is 596. The summed E-state index contributed by atoms with van der Waals surface area (Å²) in [6.45, 7) is 6.25. The minimum atomic E-state index is -0.187. The molecular weight excluding hydrogens is 351 g/mol. The summed E-state index contributed by atoms with van der Waals surface area (Å²) in [5, 5.41) is 3.59. The lowest BCUT2D eigenvalue weighted by Gasteiger charge is -2.40. The van der Waals surface area contributed by atoms with Crippen molar-refractivity contribution in [3.8, 4) is 0 Å². The number of piperazine rings is 1. The maximum Gasteiger partial charge on any atom is 0.193 e. The van der Waals surface area contributed by atoms with E-state index in [0.717, 1.165) is 70.4 Å². The molecule has 3 rings (SSSR count). The minimum Gasteiger partial charge on any atom is -0.381 e. The molecule has 0 saturated carbocycles. The summed E-state index contributed by atoms with van der Waals surface area (Å²) in [4.78, 5) is 9.10. The lowest BCUT2D eigenvalue weighted by atomic mass is 9.99. The van der Waals surface area contributed by atoms with E-state index in [1.54, 1.807) is 0 Å². The SMILES string of the molecule is CN=C(NCC1(SC)CCOCC1)N1CCN(c2ccc(F)cc2)CC1. The summed E-state index contributed by atoms with van der Waals surface area (Å²) in [5.74, 6) is 0.788. The average molecular weight is 381 g/mol. The molecule has 2 saturated heterocycles. The van der Waals surface area contributed by atoms with E-state index in [0.29, 0.717) is 0 Å². The Morgan fingerprint density at radius 2 is 1.85 bits per heavy atom. The van der Waals surface area contributed by atoms with Crippen LogP contribution < -0.4 is 10.2 Å². The molecule has 1 aromatic carbocycles. The van der Waals surface area contributed by atoms with Gasteiger partial charge in [0.1, 0.15) is 5.82 Å². The monoisotopic (exact) mass is 380 g/mol. The Morgan fingerprint density at radius 1 is 1.19 bits per heavy atom. The van der Waals surface area contributed by atoms with Crippen molar-refractivity contribution in [1.82, 2.24) is 10.2 Å². The number of guanidine groups is 1. The molecular formula is C19H29FN4OS. The van der Waals surface area contributed by atoms with Gasteiger partial charge < -0.3 is 19.9 Å². The van der Waals surface area contributed by atoms with Gasteiger partial charge in [-0.25, -0.2) is 4.39 Å². The fraction of sp³-hybridized carbons (Fsp3) is 0.632. The molecule has 0 amide bonds. The van der Waals surface area contributed by atoms with E-state index in [9.17, 15) is 4.39 Å². The van der Waals surface area contributed by atoms with Crippen molar-refractivity contribution >= 4 is 23.4 Å². The number of nitrogens with zero attached hydrogens (tertiary/aromatic N) is 3. The van der Waals surface area contributed by atoms with E-state index in [1.807, 2.05) is 30.9 Å². The number of halogens is 1. The van der Waals surface area contributed by atoms with Crippen LogP contribution in [0.2, 0.25) is 0 Å². The van der Waals surface area contributed by atoms with E-state index in [-0.39, 0.29) is 10.6 Å². The molecule has 5 nitrogen and oxygen atoms in total. The topological polar surface area (TPSA) is 40.1 Å². The Balaban J connectivity index is 1.52. The van der Waals surface area contributed by atoms with E-state index in [1.165, 1.54) is 12.1 Å². The molecule has 0 radical (unpaired) electrons. The van der Waals surface area contributed by atoms with Crippen molar-refractivity contribution in [2.75, 3.05) is 64.1 Å². The third kappa shape index (κ3) is 4.62. The lowest BCUT2D eigenvalue weighted by Crippen LogP contribution is -2.55.